The maximum absolute atomic E-state index is 9.35. The molecule has 3 aromatic rings. The third-order valence-corrected chi connectivity index (χ3v) is 4.04. The number of aromatic nitrogens is 4. The van der Waals surface area contributed by atoms with E-state index in [4.69, 9.17) is 9.47 Å². The standard InChI is InChI=1S/C19H23N5O3.ClH/c1-19(2,13-25)20-12-14-9-10-16(17(11-14)26-3)27-18-21-22-23-24(18)15-7-5-4-6-8-15;/h4-11,20,25H,12-13H2,1-3H3;1H/p-1. The summed E-state index contributed by atoms with van der Waals surface area (Å²) in [5, 5.41) is 24.3. The fraction of sp³-hybridized carbons (Fsp3) is 0.316. The molecule has 0 aliphatic rings. The first-order valence-corrected chi connectivity index (χ1v) is 8.57. The summed E-state index contributed by atoms with van der Waals surface area (Å²) in [5.41, 5.74) is 1.44. The van der Waals surface area contributed by atoms with Gasteiger partial charge in [-0.05, 0) is 54.1 Å². The highest BCUT2D eigenvalue weighted by Crippen LogP contribution is 2.32. The molecule has 28 heavy (non-hydrogen) atoms. The Balaban J connectivity index is 0.00000280. The summed E-state index contributed by atoms with van der Waals surface area (Å²) in [6.07, 6.45) is 0. The highest BCUT2D eigenvalue weighted by atomic mass is 35.5. The highest BCUT2D eigenvalue weighted by molar-refractivity contribution is 5.44. The Hall–Kier alpha value is -2.68. The molecule has 1 aromatic heterocycles. The van der Waals surface area contributed by atoms with Crippen LogP contribution < -0.4 is 27.2 Å². The zero-order valence-electron chi connectivity index (χ0n) is 16.0. The fourth-order valence-electron chi connectivity index (χ4n) is 2.38. The minimum absolute atomic E-state index is 0. The van der Waals surface area contributed by atoms with Crippen molar-refractivity contribution in [2.45, 2.75) is 25.9 Å². The van der Waals surface area contributed by atoms with Crippen LogP contribution in [-0.2, 0) is 6.54 Å². The second-order valence-electron chi connectivity index (χ2n) is 6.69. The first-order chi connectivity index (χ1) is 13.0. The number of hydrogen-bond donors (Lipinski definition) is 2. The maximum atomic E-state index is 9.35. The number of rotatable bonds is 8. The van der Waals surface area contributed by atoms with Crippen LogP contribution in [0.25, 0.3) is 5.69 Å². The van der Waals surface area contributed by atoms with Gasteiger partial charge in [0.25, 0.3) is 0 Å². The van der Waals surface area contributed by atoms with Crippen molar-refractivity contribution in [1.29, 1.82) is 0 Å². The largest absolute Gasteiger partial charge is 1.00 e. The molecule has 0 aliphatic carbocycles. The third kappa shape index (κ3) is 5.19. The second kappa shape index (κ2) is 9.50. The van der Waals surface area contributed by atoms with Gasteiger partial charge in [0, 0.05) is 12.1 Å². The van der Waals surface area contributed by atoms with Gasteiger partial charge < -0.3 is 32.3 Å². The Bertz CT molecular complexity index is 886. The number of methoxy groups -OCH3 is 1. The number of para-hydroxylation sites is 1. The van der Waals surface area contributed by atoms with E-state index in [1.807, 2.05) is 62.4 Å². The molecule has 0 amide bonds. The Labute approximate surface area is 169 Å². The monoisotopic (exact) mass is 404 g/mol. The number of benzene rings is 2. The number of aliphatic hydroxyl groups is 1. The minimum Gasteiger partial charge on any atom is -1.00 e. The molecule has 3 rings (SSSR count). The van der Waals surface area contributed by atoms with Crippen LogP contribution >= 0.6 is 0 Å². The van der Waals surface area contributed by atoms with Crippen LogP contribution in [0.5, 0.6) is 17.5 Å². The molecule has 2 aromatic carbocycles. The lowest BCUT2D eigenvalue weighted by molar-refractivity contribution is -0.00000751. The van der Waals surface area contributed by atoms with E-state index in [1.54, 1.807) is 7.11 Å². The number of nitrogens with one attached hydrogen (secondary N) is 1. The first-order valence-electron chi connectivity index (χ1n) is 8.57. The van der Waals surface area contributed by atoms with Gasteiger partial charge in [-0.15, -0.1) is 0 Å². The number of halogens is 1. The van der Waals surface area contributed by atoms with Crippen LogP contribution in [0.3, 0.4) is 0 Å². The first kappa shape index (κ1) is 21.6. The second-order valence-corrected chi connectivity index (χ2v) is 6.69. The fourth-order valence-corrected chi connectivity index (χ4v) is 2.38. The molecule has 0 radical (unpaired) electrons. The number of ether oxygens (including phenoxy) is 2. The molecule has 0 saturated carbocycles. The normalized spacial score (nSPS) is 11.0. The predicted octanol–water partition coefficient (Wildman–Crippen LogP) is -0.672. The van der Waals surface area contributed by atoms with Crippen LogP contribution in [0.2, 0.25) is 0 Å². The number of hydrogen-bond acceptors (Lipinski definition) is 7. The lowest BCUT2D eigenvalue weighted by Crippen LogP contribution is -3.00. The van der Waals surface area contributed by atoms with Gasteiger partial charge in [0.05, 0.1) is 19.4 Å². The van der Waals surface area contributed by atoms with E-state index < -0.39 is 0 Å². The Morgan fingerprint density at radius 3 is 2.54 bits per heavy atom. The van der Waals surface area contributed by atoms with E-state index in [0.717, 1.165) is 11.3 Å². The van der Waals surface area contributed by atoms with Crippen molar-refractivity contribution < 1.29 is 27.0 Å². The highest BCUT2D eigenvalue weighted by Gasteiger charge is 2.17. The van der Waals surface area contributed by atoms with Gasteiger partial charge in [-0.25, -0.2) is 0 Å². The van der Waals surface area contributed by atoms with Gasteiger partial charge in [0.2, 0.25) is 0 Å². The van der Waals surface area contributed by atoms with E-state index in [1.165, 1.54) is 4.68 Å². The lowest BCUT2D eigenvalue weighted by atomic mass is 10.1. The summed E-state index contributed by atoms with van der Waals surface area (Å²) < 4.78 is 12.9. The van der Waals surface area contributed by atoms with E-state index in [-0.39, 0.29) is 30.6 Å². The molecule has 8 nitrogen and oxygen atoms in total. The van der Waals surface area contributed by atoms with Crippen molar-refractivity contribution in [3.8, 4) is 23.2 Å². The smallest absolute Gasteiger partial charge is 0.346 e. The van der Waals surface area contributed by atoms with Gasteiger partial charge in [-0.2, -0.15) is 4.68 Å². The molecule has 0 aliphatic heterocycles. The zero-order valence-corrected chi connectivity index (χ0v) is 16.7. The van der Waals surface area contributed by atoms with Gasteiger partial charge in [0.15, 0.2) is 11.5 Å². The van der Waals surface area contributed by atoms with Gasteiger partial charge in [-0.1, -0.05) is 29.4 Å². The van der Waals surface area contributed by atoms with Gasteiger partial charge in [-0.3, -0.25) is 0 Å². The molecule has 150 valence electrons. The van der Waals surface area contributed by atoms with Crippen LogP contribution in [0.15, 0.2) is 48.5 Å². The molecule has 0 fully saturated rings. The van der Waals surface area contributed by atoms with Crippen molar-refractivity contribution in [3.05, 3.63) is 54.1 Å². The number of tetrazole rings is 1. The SMILES string of the molecule is COc1cc(CNC(C)(C)CO)ccc1Oc1nnnn1-c1ccccc1.[Cl-]. The molecule has 0 saturated heterocycles. The van der Waals surface area contributed by atoms with Crippen molar-refractivity contribution >= 4 is 0 Å². The van der Waals surface area contributed by atoms with E-state index >= 15 is 0 Å². The lowest BCUT2D eigenvalue weighted by Gasteiger charge is -2.23. The average Bonchev–Trinajstić information content (AvgIpc) is 3.16. The quantitative estimate of drug-likeness (QED) is 0.514. The number of nitrogens with zero attached hydrogens (tertiary/aromatic N) is 4. The van der Waals surface area contributed by atoms with E-state index in [0.29, 0.717) is 18.0 Å². The van der Waals surface area contributed by atoms with Crippen LogP contribution in [-0.4, -0.2) is 44.6 Å². The molecule has 1 heterocycles. The van der Waals surface area contributed by atoms with Crippen LogP contribution in [0.1, 0.15) is 19.4 Å². The number of aliphatic hydroxyl groups excluding tert-OH is 1. The van der Waals surface area contributed by atoms with Crippen molar-refractivity contribution in [2.24, 2.45) is 0 Å². The van der Waals surface area contributed by atoms with E-state index in [2.05, 4.69) is 20.8 Å². The molecule has 2 N–H and O–H groups in total. The maximum Gasteiger partial charge on any atom is 0.346 e. The minimum atomic E-state index is -0.361. The summed E-state index contributed by atoms with van der Waals surface area (Å²) in [7, 11) is 1.58. The summed E-state index contributed by atoms with van der Waals surface area (Å²) >= 11 is 0. The van der Waals surface area contributed by atoms with Crippen molar-refractivity contribution in [1.82, 2.24) is 25.5 Å². The van der Waals surface area contributed by atoms with Crippen molar-refractivity contribution in [2.75, 3.05) is 13.7 Å². The van der Waals surface area contributed by atoms with Crippen LogP contribution in [0, 0.1) is 0 Å². The Morgan fingerprint density at radius 2 is 1.86 bits per heavy atom. The summed E-state index contributed by atoms with van der Waals surface area (Å²) in [5.74, 6) is 1.08. The van der Waals surface area contributed by atoms with Gasteiger partial charge >= 0.3 is 6.01 Å². The third-order valence-electron chi connectivity index (χ3n) is 4.04. The molecular formula is C19H23ClN5O3-. The molecule has 0 bridgehead atoms. The van der Waals surface area contributed by atoms with Crippen LogP contribution in [0.4, 0.5) is 0 Å². The Kier molecular flexibility index (Phi) is 7.33. The van der Waals surface area contributed by atoms with Gasteiger partial charge in [0.1, 0.15) is 0 Å². The topological polar surface area (TPSA) is 94.3 Å². The summed E-state index contributed by atoms with van der Waals surface area (Å²) in [6.45, 7) is 4.51. The Morgan fingerprint density at radius 1 is 1.11 bits per heavy atom. The van der Waals surface area contributed by atoms with Crippen molar-refractivity contribution in [3.63, 3.8) is 0 Å². The average molecular weight is 405 g/mol. The van der Waals surface area contributed by atoms with E-state index in [9.17, 15) is 5.11 Å². The molecular weight excluding hydrogens is 382 g/mol. The summed E-state index contributed by atoms with van der Waals surface area (Å²) in [4.78, 5) is 0. The molecule has 0 spiro atoms. The predicted molar refractivity (Wildman–Crippen MR) is 100 cm³/mol. The molecule has 9 heteroatoms. The summed E-state index contributed by atoms with van der Waals surface area (Å²) in [6, 6.07) is 15.4. The molecule has 0 atom stereocenters. The zero-order chi connectivity index (χ0) is 19.3. The molecule has 0 unspecified atom stereocenters.